The largest absolute Gasteiger partial charge is 0.480 e. The Bertz CT molecular complexity index is 418. The lowest BCUT2D eigenvalue weighted by Crippen LogP contribution is -2.56. The summed E-state index contributed by atoms with van der Waals surface area (Å²) in [4.78, 5) is 23.8. The highest BCUT2D eigenvalue weighted by Crippen LogP contribution is 2.14. The molecule has 0 aliphatic carbocycles. The first-order valence-corrected chi connectivity index (χ1v) is 7.03. The number of rotatable bonds is 6. The van der Waals surface area contributed by atoms with Crippen molar-refractivity contribution < 1.29 is 23.1 Å². The Labute approximate surface area is 106 Å². The maximum Gasteiger partial charge on any atom is 0.329 e. The number of nitrogens with one attached hydrogen (secondary N) is 1. The maximum atomic E-state index is 11.7. The summed E-state index contributed by atoms with van der Waals surface area (Å²) in [5, 5.41) is 16.1. The predicted molar refractivity (Wildman–Crippen MR) is 65.5 cm³/mol. The monoisotopic (exact) mass is 281 g/mol. The molecule has 0 bridgehead atoms. The summed E-state index contributed by atoms with van der Waals surface area (Å²) < 4.78 is 21.4. The van der Waals surface area contributed by atoms with Crippen molar-refractivity contribution >= 4 is 22.0 Å². The molecule has 18 heavy (non-hydrogen) atoms. The summed E-state index contributed by atoms with van der Waals surface area (Å²) in [7, 11) is -3.65. The fraction of sp³-hybridized carbons (Fsp3) is 0.778. The Kier molecular flexibility index (Phi) is 5.55. The second kappa shape index (κ2) is 6.01. The van der Waals surface area contributed by atoms with Gasteiger partial charge >= 0.3 is 12.0 Å². The molecule has 0 fully saturated rings. The first-order valence-electron chi connectivity index (χ1n) is 5.31. The Morgan fingerprint density at radius 2 is 1.89 bits per heavy atom. The first kappa shape index (κ1) is 16.6. The number of hydrogen-bond donors (Lipinski definition) is 3. The van der Waals surface area contributed by atoms with E-state index >= 15 is 0 Å². The Morgan fingerprint density at radius 1 is 1.39 bits per heavy atom. The zero-order chi connectivity index (χ0) is 14.6. The van der Waals surface area contributed by atoms with Crippen LogP contribution in [0.1, 0.15) is 20.8 Å². The number of amides is 2. The molecule has 0 aromatic carbocycles. The second-order valence-electron chi connectivity index (χ2n) is 4.21. The lowest BCUT2D eigenvalue weighted by atomic mass is 10.0. The molecule has 0 aromatic heterocycles. The fourth-order valence-electron chi connectivity index (χ4n) is 1.30. The molecule has 0 aliphatic rings. The summed E-state index contributed by atoms with van der Waals surface area (Å²) in [6, 6.07) is -0.645. The SMILES string of the molecule is CCN(C(=O)NCCS(N)(=O)=O)C(C)(C)C(=O)O. The van der Waals surface area contributed by atoms with Crippen molar-refractivity contribution in [3.63, 3.8) is 0 Å². The van der Waals surface area contributed by atoms with Gasteiger partial charge in [0, 0.05) is 13.1 Å². The minimum atomic E-state index is -3.65. The van der Waals surface area contributed by atoms with Gasteiger partial charge in [-0.25, -0.2) is 23.1 Å². The molecule has 0 saturated heterocycles. The van der Waals surface area contributed by atoms with Crippen LogP contribution in [-0.2, 0) is 14.8 Å². The van der Waals surface area contributed by atoms with E-state index in [9.17, 15) is 18.0 Å². The van der Waals surface area contributed by atoms with Crippen molar-refractivity contribution in [1.82, 2.24) is 10.2 Å². The van der Waals surface area contributed by atoms with Crippen LogP contribution in [0.25, 0.3) is 0 Å². The van der Waals surface area contributed by atoms with E-state index in [-0.39, 0.29) is 13.1 Å². The molecule has 0 rings (SSSR count). The number of carbonyl (C=O) groups is 2. The quantitative estimate of drug-likeness (QED) is 0.585. The van der Waals surface area contributed by atoms with Crippen LogP contribution in [0.2, 0.25) is 0 Å². The molecule has 0 spiro atoms. The molecule has 0 saturated carbocycles. The van der Waals surface area contributed by atoms with Crippen molar-refractivity contribution in [2.24, 2.45) is 5.14 Å². The lowest BCUT2D eigenvalue weighted by molar-refractivity contribution is -0.147. The minimum absolute atomic E-state index is 0.163. The molecule has 106 valence electrons. The summed E-state index contributed by atoms with van der Waals surface area (Å²) in [5.74, 6) is -1.55. The predicted octanol–water partition coefficient (Wildman–Crippen LogP) is -0.830. The van der Waals surface area contributed by atoms with E-state index in [1.807, 2.05) is 0 Å². The number of nitrogens with two attached hydrogens (primary N) is 1. The van der Waals surface area contributed by atoms with E-state index in [1.165, 1.54) is 13.8 Å². The van der Waals surface area contributed by atoms with Gasteiger partial charge in [0.2, 0.25) is 10.0 Å². The van der Waals surface area contributed by atoms with Crippen LogP contribution < -0.4 is 10.5 Å². The van der Waals surface area contributed by atoms with Gasteiger partial charge in [-0.2, -0.15) is 0 Å². The van der Waals surface area contributed by atoms with Crippen molar-refractivity contribution in [3.05, 3.63) is 0 Å². The van der Waals surface area contributed by atoms with Gasteiger partial charge in [-0.1, -0.05) is 0 Å². The van der Waals surface area contributed by atoms with Crippen LogP contribution in [0.3, 0.4) is 0 Å². The number of urea groups is 1. The third-order valence-corrected chi connectivity index (χ3v) is 3.20. The Morgan fingerprint density at radius 3 is 2.22 bits per heavy atom. The van der Waals surface area contributed by atoms with Crippen molar-refractivity contribution in [3.8, 4) is 0 Å². The minimum Gasteiger partial charge on any atom is -0.480 e. The van der Waals surface area contributed by atoms with Crippen LogP contribution in [0.5, 0.6) is 0 Å². The number of carboxylic acids is 1. The van der Waals surface area contributed by atoms with Gasteiger partial charge in [-0.05, 0) is 20.8 Å². The number of likely N-dealkylation sites (N-methyl/N-ethyl adjacent to an activating group) is 1. The van der Waals surface area contributed by atoms with Gasteiger partial charge in [0.25, 0.3) is 0 Å². The fourth-order valence-corrected chi connectivity index (χ4v) is 1.69. The molecule has 0 aromatic rings. The molecule has 8 nitrogen and oxygen atoms in total. The zero-order valence-corrected chi connectivity index (χ0v) is 11.5. The first-order chi connectivity index (χ1) is 8.02. The molecule has 2 amide bonds. The highest BCUT2D eigenvalue weighted by atomic mass is 32.2. The topological polar surface area (TPSA) is 130 Å². The van der Waals surface area contributed by atoms with Crippen LogP contribution in [0.4, 0.5) is 4.79 Å². The molecule has 0 radical (unpaired) electrons. The van der Waals surface area contributed by atoms with E-state index < -0.39 is 33.3 Å². The van der Waals surface area contributed by atoms with Crippen molar-refractivity contribution in [1.29, 1.82) is 0 Å². The van der Waals surface area contributed by atoms with Gasteiger partial charge in [0.15, 0.2) is 0 Å². The summed E-state index contributed by atoms with van der Waals surface area (Å²) >= 11 is 0. The molecule has 0 unspecified atom stereocenters. The summed E-state index contributed by atoms with van der Waals surface area (Å²) in [6.07, 6.45) is 0. The number of primary sulfonamides is 1. The zero-order valence-electron chi connectivity index (χ0n) is 10.6. The normalized spacial score (nSPS) is 12.0. The van der Waals surface area contributed by atoms with Gasteiger partial charge in [0.1, 0.15) is 5.54 Å². The van der Waals surface area contributed by atoms with Crippen molar-refractivity contribution in [2.75, 3.05) is 18.8 Å². The van der Waals surface area contributed by atoms with Crippen LogP contribution in [0, 0.1) is 0 Å². The summed E-state index contributed by atoms with van der Waals surface area (Å²) in [6.45, 7) is 4.42. The highest BCUT2D eigenvalue weighted by molar-refractivity contribution is 7.89. The van der Waals surface area contributed by atoms with E-state index in [0.29, 0.717) is 0 Å². The van der Waals surface area contributed by atoms with Gasteiger partial charge < -0.3 is 15.3 Å². The van der Waals surface area contributed by atoms with Gasteiger partial charge in [0.05, 0.1) is 5.75 Å². The number of aliphatic carboxylic acids is 1. The van der Waals surface area contributed by atoms with Crippen LogP contribution in [0.15, 0.2) is 0 Å². The Balaban J connectivity index is 4.60. The standard InChI is InChI=1S/C9H19N3O5S/c1-4-12(9(2,3)7(13)14)8(15)11-5-6-18(10,16)17/h4-6H2,1-3H3,(H,11,15)(H,13,14)(H2,10,16,17). The van der Waals surface area contributed by atoms with Crippen LogP contribution >= 0.6 is 0 Å². The molecular weight excluding hydrogens is 262 g/mol. The van der Waals surface area contributed by atoms with Crippen LogP contribution in [-0.4, -0.2) is 54.8 Å². The Hall–Kier alpha value is -1.35. The average Bonchev–Trinajstić information content (AvgIpc) is 2.15. The van der Waals surface area contributed by atoms with Gasteiger partial charge in [-0.3, -0.25) is 0 Å². The van der Waals surface area contributed by atoms with E-state index in [1.54, 1.807) is 6.92 Å². The number of sulfonamides is 1. The van der Waals surface area contributed by atoms with E-state index in [4.69, 9.17) is 10.2 Å². The number of carbonyl (C=O) groups excluding carboxylic acids is 1. The molecule has 0 heterocycles. The molecular formula is C9H19N3O5S. The lowest BCUT2D eigenvalue weighted by Gasteiger charge is -2.34. The van der Waals surface area contributed by atoms with E-state index in [2.05, 4.69) is 5.32 Å². The van der Waals surface area contributed by atoms with E-state index in [0.717, 1.165) is 4.90 Å². The molecule has 4 N–H and O–H groups in total. The summed E-state index contributed by atoms with van der Waals surface area (Å²) in [5.41, 5.74) is -1.37. The van der Waals surface area contributed by atoms with Gasteiger partial charge in [-0.15, -0.1) is 0 Å². The number of carboxylic acid groups (broad SMARTS) is 1. The molecule has 0 atom stereocenters. The number of nitrogens with zero attached hydrogens (tertiary/aromatic N) is 1. The second-order valence-corrected chi connectivity index (χ2v) is 5.94. The number of hydrogen-bond acceptors (Lipinski definition) is 4. The third-order valence-electron chi connectivity index (χ3n) is 2.42. The van der Waals surface area contributed by atoms with Crippen molar-refractivity contribution in [2.45, 2.75) is 26.3 Å². The molecule has 9 heteroatoms. The smallest absolute Gasteiger partial charge is 0.329 e. The third kappa shape index (κ3) is 4.88. The average molecular weight is 281 g/mol. The molecule has 0 aliphatic heterocycles. The maximum absolute atomic E-state index is 11.7. The highest BCUT2D eigenvalue weighted by Gasteiger charge is 2.36.